The highest BCUT2D eigenvalue weighted by Gasteiger charge is 2.10. The second kappa shape index (κ2) is 5.68. The molecular weight excluding hydrogens is 284 g/mol. The van der Waals surface area contributed by atoms with Gasteiger partial charge < -0.3 is 10.2 Å². The summed E-state index contributed by atoms with van der Waals surface area (Å²) in [6.45, 7) is 4.00. The summed E-state index contributed by atoms with van der Waals surface area (Å²) in [6, 6.07) is 8.36. The molecule has 4 heteroatoms. The molecule has 0 aromatic heterocycles. The van der Waals surface area contributed by atoms with Crippen LogP contribution in [0.3, 0.4) is 0 Å². The zero-order valence-corrected chi connectivity index (χ0v) is 11.2. The van der Waals surface area contributed by atoms with E-state index in [0.717, 1.165) is 15.2 Å². The third-order valence-corrected chi connectivity index (χ3v) is 2.64. The Bertz CT molecular complexity index is 550. The number of benzene rings is 2. The van der Waals surface area contributed by atoms with Gasteiger partial charge in [-0.15, -0.1) is 0 Å². The molecule has 0 aliphatic heterocycles. The smallest absolute Gasteiger partial charge is 0.339 e. The van der Waals surface area contributed by atoms with Crippen molar-refractivity contribution in [2.75, 3.05) is 0 Å². The van der Waals surface area contributed by atoms with Crippen molar-refractivity contribution < 1.29 is 15.0 Å². The molecule has 0 fully saturated rings. The number of carboxylic acids is 1. The largest absolute Gasteiger partial charge is 0.507 e. The maximum absolute atomic E-state index is 10.8. The number of hydrogen-bond acceptors (Lipinski definition) is 2. The Hall–Kier alpha value is -1.55. The summed E-state index contributed by atoms with van der Waals surface area (Å²) in [7, 11) is 0. The summed E-state index contributed by atoms with van der Waals surface area (Å²) in [5.74, 6) is -1.34. The normalized spacial score (nSPS) is 9.59. The highest BCUT2D eigenvalue weighted by Crippen LogP contribution is 2.27. The summed E-state index contributed by atoms with van der Waals surface area (Å²) < 4.78 is 0.872. The van der Waals surface area contributed by atoms with Gasteiger partial charge in [0.2, 0.25) is 0 Å². The molecule has 0 bridgehead atoms. The number of carboxylic acid groups (broad SMARTS) is 1. The third kappa shape index (κ3) is 2.97. The number of rotatable bonds is 1. The lowest BCUT2D eigenvalue weighted by Crippen LogP contribution is -1.96. The monoisotopic (exact) mass is 296 g/mol. The summed E-state index contributed by atoms with van der Waals surface area (Å²) in [4.78, 5) is 10.8. The van der Waals surface area contributed by atoms with Gasteiger partial charge in [0.15, 0.2) is 0 Å². The van der Waals surface area contributed by atoms with Crippen LogP contribution >= 0.6 is 15.9 Å². The fourth-order valence-corrected chi connectivity index (χ4v) is 1.81. The Morgan fingerprint density at radius 3 is 2.35 bits per heavy atom. The molecule has 0 radical (unpaired) electrons. The standard InChI is InChI=1S/C11H7BrO3.C2H6/c12-8-2-1-6-5-10(13)9(11(14)15)4-7(6)3-8;1-2/h1-5,13H,(H,14,15);1-2H3. The molecule has 0 heterocycles. The molecule has 0 aliphatic carbocycles. The van der Waals surface area contributed by atoms with E-state index in [1.54, 1.807) is 6.07 Å². The molecule has 0 spiro atoms. The molecule has 2 rings (SSSR count). The minimum absolute atomic E-state index is 0.0828. The van der Waals surface area contributed by atoms with Crippen molar-refractivity contribution in [3.63, 3.8) is 0 Å². The average Bonchev–Trinajstić information content (AvgIpc) is 2.31. The van der Waals surface area contributed by atoms with Gasteiger partial charge in [0.25, 0.3) is 0 Å². The lowest BCUT2D eigenvalue weighted by atomic mass is 10.1. The number of fused-ring (bicyclic) bond motifs is 1. The molecule has 0 unspecified atom stereocenters. The van der Waals surface area contributed by atoms with Gasteiger partial charge in [-0.25, -0.2) is 4.79 Å². The molecule has 17 heavy (non-hydrogen) atoms. The molecule has 0 atom stereocenters. The summed E-state index contributed by atoms with van der Waals surface area (Å²) in [6.07, 6.45) is 0. The number of carbonyl (C=O) groups is 1. The van der Waals surface area contributed by atoms with E-state index in [1.165, 1.54) is 12.1 Å². The fourth-order valence-electron chi connectivity index (χ4n) is 1.43. The van der Waals surface area contributed by atoms with E-state index in [9.17, 15) is 9.90 Å². The van der Waals surface area contributed by atoms with E-state index in [-0.39, 0.29) is 11.3 Å². The van der Waals surface area contributed by atoms with Crippen LogP contribution in [-0.4, -0.2) is 16.2 Å². The SMILES string of the molecule is CC.O=C(O)c1cc2cc(Br)ccc2cc1O. The summed E-state index contributed by atoms with van der Waals surface area (Å²) in [5, 5.41) is 19.9. The van der Waals surface area contributed by atoms with E-state index < -0.39 is 5.97 Å². The molecular formula is C13H13BrO3. The van der Waals surface area contributed by atoms with Crippen LogP contribution in [0.25, 0.3) is 10.8 Å². The number of aromatic hydroxyl groups is 1. The highest BCUT2D eigenvalue weighted by molar-refractivity contribution is 9.10. The van der Waals surface area contributed by atoms with Crippen molar-refractivity contribution in [2.24, 2.45) is 0 Å². The minimum Gasteiger partial charge on any atom is -0.507 e. The van der Waals surface area contributed by atoms with Gasteiger partial charge in [-0.3, -0.25) is 0 Å². The molecule has 2 aromatic rings. The van der Waals surface area contributed by atoms with Gasteiger partial charge in [-0.2, -0.15) is 0 Å². The van der Waals surface area contributed by atoms with Gasteiger partial charge in [0.05, 0.1) is 0 Å². The maximum Gasteiger partial charge on any atom is 0.339 e. The number of aromatic carboxylic acids is 1. The Kier molecular flexibility index (Phi) is 4.52. The van der Waals surface area contributed by atoms with Crippen molar-refractivity contribution in [3.05, 3.63) is 40.4 Å². The summed E-state index contributed by atoms with van der Waals surface area (Å²) >= 11 is 3.30. The molecule has 0 saturated carbocycles. The van der Waals surface area contributed by atoms with Crippen molar-refractivity contribution in [3.8, 4) is 5.75 Å². The first-order valence-corrected chi connectivity index (χ1v) is 6.03. The molecule has 0 amide bonds. The first-order chi connectivity index (χ1) is 8.08. The number of phenols is 1. The van der Waals surface area contributed by atoms with Crippen LogP contribution in [0.15, 0.2) is 34.8 Å². The quantitative estimate of drug-likeness (QED) is 0.835. The van der Waals surface area contributed by atoms with Crippen LogP contribution in [0.5, 0.6) is 5.75 Å². The van der Waals surface area contributed by atoms with E-state index >= 15 is 0 Å². The first kappa shape index (κ1) is 13.5. The molecule has 2 aromatic carbocycles. The molecule has 3 nitrogen and oxygen atoms in total. The molecule has 0 aliphatic rings. The lowest BCUT2D eigenvalue weighted by molar-refractivity contribution is 0.0694. The van der Waals surface area contributed by atoms with E-state index in [4.69, 9.17) is 5.11 Å². The van der Waals surface area contributed by atoms with Crippen LogP contribution in [0.1, 0.15) is 24.2 Å². The Morgan fingerprint density at radius 1 is 1.12 bits per heavy atom. The van der Waals surface area contributed by atoms with Crippen LogP contribution in [0, 0.1) is 0 Å². The van der Waals surface area contributed by atoms with Crippen molar-refractivity contribution in [1.29, 1.82) is 0 Å². The van der Waals surface area contributed by atoms with Crippen LogP contribution < -0.4 is 0 Å². The third-order valence-electron chi connectivity index (χ3n) is 2.15. The minimum atomic E-state index is -1.13. The topological polar surface area (TPSA) is 57.5 Å². The predicted molar refractivity (Wildman–Crippen MR) is 71.6 cm³/mol. The van der Waals surface area contributed by atoms with Gasteiger partial charge in [-0.1, -0.05) is 35.8 Å². The maximum atomic E-state index is 10.8. The van der Waals surface area contributed by atoms with Crippen molar-refractivity contribution in [2.45, 2.75) is 13.8 Å². The van der Waals surface area contributed by atoms with Crippen LogP contribution in [0.4, 0.5) is 0 Å². The first-order valence-electron chi connectivity index (χ1n) is 5.23. The Labute approximate surface area is 108 Å². The molecule has 90 valence electrons. The van der Waals surface area contributed by atoms with Crippen molar-refractivity contribution >= 4 is 32.7 Å². The van der Waals surface area contributed by atoms with Gasteiger partial charge in [0.1, 0.15) is 11.3 Å². The van der Waals surface area contributed by atoms with Gasteiger partial charge in [-0.05, 0) is 35.0 Å². The predicted octanol–water partition coefficient (Wildman–Crippen LogP) is 4.03. The van der Waals surface area contributed by atoms with E-state index in [1.807, 2.05) is 26.0 Å². The van der Waals surface area contributed by atoms with Gasteiger partial charge >= 0.3 is 5.97 Å². The van der Waals surface area contributed by atoms with E-state index in [2.05, 4.69) is 15.9 Å². The lowest BCUT2D eigenvalue weighted by Gasteiger charge is -2.03. The average molecular weight is 297 g/mol. The second-order valence-corrected chi connectivity index (χ2v) is 4.08. The molecule has 2 N–H and O–H groups in total. The highest BCUT2D eigenvalue weighted by atomic mass is 79.9. The van der Waals surface area contributed by atoms with E-state index in [0.29, 0.717) is 0 Å². The zero-order valence-electron chi connectivity index (χ0n) is 9.57. The Balaban J connectivity index is 0.000000686. The van der Waals surface area contributed by atoms with Crippen LogP contribution in [-0.2, 0) is 0 Å². The Morgan fingerprint density at radius 2 is 1.76 bits per heavy atom. The zero-order chi connectivity index (χ0) is 13.0. The fraction of sp³-hybridized carbons (Fsp3) is 0.154. The molecule has 0 saturated heterocycles. The number of hydrogen-bond donors (Lipinski definition) is 2. The van der Waals surface area contributed by atoms with Crippen molar-refractivity contribution in [1.82, 2.24) is 0 Å². The van der Waals surface area contributed by atoms with Gasteiger partial charge in [0, 0.05) is 4.47 Å². The van der Waals surface area contributed by atoms with Crippen LogP contribution in [0.2, 0.25) is 0 Å². The number of halogens is 1. The summed E-state index contributed by atoms with van der Waals surface area (Å²) in [5.41, 5.74) is -0.0828. The second-order valence-electron chi connectivity index (χ2n) is 3.17.